The van der Waals surface area contributed by atoms with Crippen molar-refractivity contribution >= 4 is 5.91 Å². The minimum Gasteiger partial charge on any atom is -0.356 e. The zero-order chi connectivity index (χ0) is 15.0. The van der Waals surface area contributed by atoms with Gasteiger partial charge in [-0.1, -0.05) is 33.1 Å². The zero-order valence-corrected chi connectivity index (χ0v) is 13.5. The van der Waals surface area contributed by atoms with Gasteiger partial charge in [-0.2, -0.15) is 0 Å². The minimum atomic E-state index is -0.0499. The van der Waals surface area contributed by atoms with E-state index in [1.165, 1.54) is 32.1 Å². The molecule has 0 aromatic carbocycles. The van der Waals surface area contributed by atoms with E-state index in [2.05, 4.69) is 17.3 Å². The maximum absolute atomic E-state index is 12.0. The van der Waals surface area contributed by atoms with Gasteiger partial charge in [-0.3, -0.25) is 4.79 Å². The smallest absolute Gasteiger partial charge is 0.224 e. The highest BCUT2D eigenvalue weighted by atomic mass is 16.1. The molecule has 20 heavy (non-hydrogen) atoms. The Labute approximate surface area is 124 Å². The van der Waals surface area contributed by atoms with Crippen LogP contribution in [0.15, 0.2) is 0 Å². The molecule has 0 aromatic heterocycles. The fourth-order valence-corrected chi connectivity index (χ4v) is 3.06. The summed E-state index contributed by atoms with van der Waals surface area (Å²) in [7, 11) is 2.22. The fourth-order valence-electron chi connectivity index (χ4n) is 3.06. The van der Waals surface area contributed by atoms with Gasteiger partial charge < -0.3 is 16.0 Å². The van der Waals surface area contributed by atoms with Crippen LogP contribution in [0.25, 0.3) is 0 Å². The van der Waals surface area contributed by atoms with Crippen molar-refractivity contribution in [1.29, 1.82) is 0 Å². The summed E-state index contributed by atoms with van der Waals surface area (Å²) in [6.07, 6.45) is 7.84. The van der Waals surface area contributed by atoms with Crippen LogP contribution in [-0.4, -0.2) is 43.5 Å². The number of hydrogen-bond donors (Lipinski definition) is 2. The molecule has 0 bridgehead atoms. The predicted octanol–water partition coefficient (Wildman–Crippen LogP) is 1.99. The third kappa shape index (κ3) is 5.80. The van der Waals surface area contributed by atoms with Crippen LogP contribution < -0.4 is 11.1 Å². The number of nitrogens with two attached hydrogens (primary N) is 1. The summed E-state index contributed by atoms with van der Waals surface area (Å²) in [5.74, 6) is 0.374. The van der Waals surface area contributed by atoms with Gasteiger partial charge in [-0.15, -0.1) is 0 Å². The highest BCUT2D eigenvalue weighted by Gasteiger charge is 2.20. The quantitative estimate of drug-likeness (QED) is 0.670. The van der Waals surface area contributed by atoms with Crippen LogP contribution in [0.2, 0.25) is 0 Å². The second kappa shape index (κ2) is 9.35. The molecular weight excluding hydrogens is 250 g/mol. The Morgan fingerprint density at radius 1 is 1.30 bits per heavy atom. The van der Waals surface area contributed by atoms with E-state index in [4.69, 9.17) is 5.73 Å². The molecule has 1 rings (SSSR count). The predicted molar refractivity (Wildman–Crippen MR) is 84.5 cm³/mol. The monoisotopic (exact) mass is 283 g/mol. The Hall–Kier alpha value is -0.610. The van der Waals surface area contributed by atoms with E-state index >= 15 is 0 Å². The van der Waals surface area contributed by atoms with Crippen LogP contribution in [0.1, 0.15) is 52.4 Å². The van der Waals surface area contributed by atoms with Crippen LogP contribution in [0, 0.1) is 11.8 Å². The van der Waals surface area contributed by atoms with Gasteiger partial charge in [0.2, 0.25) is 5.91 Å². The number of carbonyl (C=O) groups excluding carboxylic acids is 1. The van der Waals surface area contributed by atoms with E-state index in [-0.39, 0.29) is 11.8 Å². The van der Waals surface area contributed by atoms with Gasteiger partial charge in [-0.05, 0) is 38.8 Å². The number of amides is 1. The summed E-state index contributed by atoms with van der Waals surface area (Å²) in [5, 5.41) is 3.03. The molecule has 1 aliphatic carbocycles. The molecule has 0 saturated heterocycles. The summed E-state index contributed by atoms with van der Waals surface area (Å²) in [6.45, 7) is 6.37. The second-order valence-corrected chi connectivity index (χ2v) is 6.50. The molecule has 1 saturated carbocycles. The van der Waals surface area contributed by atoms with E-state index in [1.54, 1.807) is 0 Å². The number of nitrogens with zero attached hydrogens (tertiary/aromatic N) is 1. The fraction of sp³-hybridized carbons (Fsp3) is 0.938. The number of nitrogens with one attached hydrogen (secondary N) is 1. The molecule has 0 radical (unpaired) electrons. The van der Waals surface area contributed by atoms with E-state index < -0.39 is 0 Å². The van der Waals surface area contributed by atoms with Crippen LogP contribution in [0.3, 0.4) is 0 Å². The maximum Gasteiger partial charge on any atom is 0.224 e. The second-order valence-electron chi connectivity index (χ2n) is 6.50. The normalized spacial score (nSPS) is 18.5. The lowest BCUT2D eigenvalue weighted by Gasteiger charge is -2.31. The van der Waals surface area contributed by atoms with Gasteiger partial charge in [0, 0.05) is 19.1 Å². The molecule has 0 aromatic rings. The molecule has 1 fully saturated rings. The molecule has 0 heterocycles. The van der Waals surface area contributed by atoms with Gasteiger partial charge in [0.1, 0.15) is 0 Å². The van der Waals surface area contributed by atoms with Crippen molar-refractivity contribution < 1.29 is 4.79 Å². The molecular formula is C16H33N3O. The molecule has 1 aliphatic rings. The Morgan fingerprint density at radius 2 is 1.95 bits per heavy atom. The van der Waals surface area contributed by atoms with Crippen molar-refractivity contribution in [2.75, 3.05) is 26.7 Å². The number of carbonyl (C=O) groups is 1. The first-order chi connectivity index (χ1) is 9.56. The number of rotatable bonds is 8. The summed E-state index contributed by atoms with van der Waals surface area (Å²) in [5.41, 5.74) is 5.66. The lowest BCUT2D eigenvalue weighted by Crippen LogP contribution is -2.40. The van der Waals surface area contributed by atoms with E-state index in [1.807, 2.05) is 13.8 Å². The summed E-state index contributed by atoms with van der Waals surface area (Å²) < 4.78 is 0. The molecule has 4 nitrogen and oxygen atoms in total. The molecule has 0 aliphatic heterocycles. The van der Waals surface area contributed by atoms with Crippen molar-refractivity contribution in [2.45, 2.75) is 58.4 Å². The van der Waals surface area contributed by atoms with Gasteiger partial charge >= 0.3 is 0 Å². The standard InChI is InChI=1S/C16H33N3O/c1-13(2)15(12-17)16(20)18-10-7-11-19(3)14-8-5-4-6-9-14/h13-15H,4-12,17H2,1-3H3,(H,18,20). The highest BCUT2D eigenvalue weighted by molar-refractivity contribution is 5.79. The first-order valence-corrected chi connectivity index (χ1v) is 8.24. The van der Waals surface area contributed by atoms with Gasteiger partial charge in [-0.25, -0.2) is 0 Å². The Kier molecular flexibility index (Phi) is 8.15. The van der Waals surface area contributed by atoms with Crippen molar-refractivity contribution in [1.82, 2.24) is 10.2 Å². The van der Waals surface area contributed by atoms with Crippen LogP contribution in [0.5, 0.6) is 0 Å². The van der Waals surface area contributed by atoms with Crippen LogP contribution in [0.4, 0.5) is 0 Å². The van der Waals surface area contributed by atoms with Gasteiger partial charge in [0.25, 0.3) is 0 Å². The Bertz CT molecular complexity index is 275. The van der Waals surface area contributed by atoms with Crippen molar-refractivity contribution in [3.8, 4) is 0 Å². The third-order valence-corrected chi connectivity index (χ3v) is 4.58. The van der Waals surface area contributed by atoms with Crippen LogP contribution in [-0.2, 0) is 4.79 Å². The minimum absolute atomic E-state index is 0.0499. The third-order valence-electron chi connectivity index (χ3n) is 4.58. The Balaban J connectivity index is 2.15. The van der Waals surface area contributed by atoms with Crippen LogP contribution >= 0.6 is 0 Å². The zero-order valence-electron chi connectivity index (χ0n) is 13.5. The van der Waals surface area contributed by atoms with E-state index in [0.717, 1.165) is 25.6 Å². The molecule has 0 spiro atoms. The number of hydrogen-bond acceptors (Lipinski definition) is 3. The average Bonchev–Trinajstić information content (AvgIpc) is 2.44. The van der Waals surface area contributed by atoms with E-state index in [0.29, 0.717) is 12.5 Å². The van der Waals surface area contributed by atoms with Crippen molar-refractivity contribution in [3.63, 3.8) is 0 Å². The van der Waals surface area contributed by atoms with Gasteiger partial charge in [0.05, 0.1) is 5.92 Å². The highest BCUT2D eigenvalue weighted by Crippen LogP contribution is 2.21. The molecule has 4 heteroatoms. The lowest BCUT2D eigenvalue weighted by atomic mass is 9.94. The molecule has 1 atom stereocenters. The summed E-state index contributed by atoms with van der Waals surface area (Å²) in [6, 6.07) is 0.756. The average molecular weight is 283 g/mol. The Morgan fingerprint density at radius 3 is 2.50 bits per heavy atom. The summed E-state index contributed by atoms with van der Waals surface area (Å²) in [4.78, 5) is 14.4. The first kappa shape index (κ1) is 17.4. The topological polar surface area (TPSA) is 58.4 Å². The molecule has 1 unspecified atom stereocenters. The molecule has 3 N–H and O–H groups in total. The summed E-state index contributed by atoms with van der Waals surface area (Å²) >= 11 is 0. The maximum atomic E-state index is 12.0. The van der Waals surface area contributed by atoms with Crippen molar-refractivity contribution in [2.24, 2.45) is 17.6 Å². The lowest BCUT2D eigenvalue weighted by molar-refractivity contribution is -0.125. The van der Waals surface area contributed by atoms with Crippen molar-refractivity contribution in [3.05, 3.63) is 0 Å². The van der Waals surface area contributed by atoms with Gasteiger partial charge in [0.15, 0.2) is 0 Å². The molecule has 1 amide bonds. The molecule has 118 valence electrons. The first-order valence-electron chi connectivity index (χ1n) is 8.24. The SMILES string of the molecule is CC(C)C(CN)C(=O)NCCCN(C)C1CCCCC1. The van der Waals surface area contributed by atoms with E-state index in [9.17, 15) is 4.79 Å². The largest absolute Gasteiger partial charge is 0.356 e.